The molecule has 27 heavy (non-hydrogen) atoms. The van der Waals surface area contributed by atoms with Gasteiger partial charge in [0.1, 0.15) is 0 Å². The first kappa shape index (κ1) is 24.1. The van der Waals surface area contributed by atoms with E-state index < -0.39 is 5.97 Å². The highest BCUT2D eigenvalue weighted by Gasteiger charge is 2.31. The first-order valence-corrected chi connectivity index (χ1v) is 11.0. The number of aromatic nitrogens is 1. The van der Waals surface area contributed by atoms with Crippen LogP contribution < -0.4 is 0 Å². The minimum atomic E-state index is -0.833. The summed E-state index contributed by atoms with van der Waals surface area (Å²) in [6.07, 6.45) is 12.7. The SMILES string of the molecule is CCOC(CCCCCCCCCC(C)c1ccccn1)(OCC)OCC. The molecule has 0 aromatic carbocycles. The smallest absolute Gasteiger partial charge is 0.282 e. The fraction of sp³-hybridized carbons (Fsp3) is 0.783. The van der Waals surface area contributed by atoms with Crippen LogP contribution in [-0.4, -0.2) is 30.8 Å². The van der Waals surface area contributed by atoms with Gasteiger partial charge in [-0.25, -0.2) is 0 Å². The monoisotopic (exact) mass is 379 g/mol. The lowest BCUT2D eigenvalue weighted by molar-refractivity contribution is -0.380. The van der Waals surface area contributed by atoms with Crippen molar-refractivity contribution in [2.75, 3.05) is 19.8 Å². The van der Waals surface area contributed by atoms with Crippen molar-refractivity contribution < 1.29 is 14.2 Å². The molecule has 1 aromatic heterocycles. The molecule has 0 radical (unpaired) electrons. The Labute approximate surface area is 167 Å². The van der Waals surface area contributed by atoms with E-state index in [1.54, 1.807) is 0 Å². The molecule has 1 unspecified atom stereocenters. The third-order valence-electron chi connectivity index (χ3n) is 4.91. The zero-order valence-electron chi connectivity index (χ0n) is 18.0. The Hall–Kier alpha value is -0.970. The summed E-state index contributed by atoms with van der Waals surface area (Å²) in [6.45, 7) is 10.1. The second-order valence-corrected chi connectivity index (χ2v) is 7.15. The molecule has 0 N–H and O–H groups in total. The molecule has 0 aliphatic rings. The van der Waals surface area contributed by atoms with Gasteiger partial charge in [0.15, 0.2) is 0 Å². The normalized spacial score (nSPS) is 13.0. The average Bonchev–Trinajstić information content (AvgIpc) is 2.68. The number of hydrogen-bond acceptors (Lipinski definition) is 4. The van der Waals surface area contributed by atoms with Gasteiger partial charge in [-0.3, -0.25) is 4.98 Å². The Kier molecular flexibility index (Phi) is 13.4. The quantitative estimate of drug-likeness (QED) is 0.230. The zero-order chi connectivity index (χ0) is 19.8. The number of rotatable bonds is 17. The third kappa shape index (κ3) is 10.2. The van der Waals surface area contributed by atoms with E-state index in [2.05, 4.69) is 24.0 Å². The molecule has 1 heterocycles. The second kappa shape index (κ2) is 15.0. The molecule has 0 bridgehead atoms. The summed E-state index contributed by atoms with van der Waals surface area (Å²) in [4.78, 5) is 4.46. The van der Waals surface area contributed by atoms with Gasteiger partial charge in [0.2, 0.25) is 0 Å². The van der Waals surface area contributed by atoms with Crippen molar-refractivity contribution in [2.24, 2.45) is 0 Å². The van der Waals surface area contributed by atoms with Crippen LogP contribution in [0.3, 0.4) is 0 Å². The Morgan fingerprint density at radius 3 is 1.89 bits per heavy atom. The van der Waals surface area contributed by atoms with Crippen LogP contribution in [0.4, 0.5) is 0 Å². The zero-order valence-corrected chi connectivity index (χ0v) is 18.0. The second-order valence-electron chi connectivity index (χ2n) is 7.15. The van der Waals surface area contributed by atoms with Crippen LogP contribution in [0.15, 0.2) is 24.4 Å². The summed E-state index contributed by atoms with van der Waals surface area (Å²) in [5, 5.41) is 0. The molecule has 4 heteroatoms. The van der Waals surface area contributed by atoms with Crippen LogP contribution in [0.5, 0.6) is 0 Å². The van der Waals surface area contributed by atoms with Gasteiger partial charge in [-0.1, -0.05) is 51.5 Å². The summed E-state index contributed by atoms with van der Waals surface area (Å²) < 4.78 is 17.3. The number of ether oxygens (including phenoxy) is 3. The largest absolute Gasteiger partial charge is 0.328 e. The van der Waals surface area contributed by atoms with Crippen LogP contribution in [-0.2, 0) is 14.2 Å². The van der Waals surface area contributed by atoms with Crippen molar-refractivity contribution in [1.82, 2.24) is 4.98 Å². The van der Waals surface area contributed by atoms with E-state index in [0.717, 1.165) is 12.8 Å². The molecule has 1 aromatic rings. The van der Waals surface area contributed by atoms with E-state index in [1.165, 1.54) is 50.6 Å². The van der Waals surface area contributed by atoms with Gasteiger partial charge in [0, 0.05) is 38.1 Å². The lowest BCUT2D eigenvalue weighted by atomic mass is 9.98. The van der Waals surface area contributed by atoms with Crippen LogP contribution in [0.2, 0.25) is 0 Å². The van der Waals surface area contributed by atoms with Gasteiger partial charge in [-0.15, -0.1) is 0 Å². The van der Waals surface area contributed by atoms with Gasteiger partial charge < -0.3 is 14.2 Å². The Morgan fingerprint density at radius 1 is 0.815 bits per heavy atom. The van der Waals surface area contributed by atoms with Gasteiger partial charge in [0.25, 0.3) is 5.97 Å². The Bertz CT molecular complexity index is 435. The minimum absolute atomic E-state index is 0.565. The number of nitrogens with zero attached hydrogens (tertiary/aromatic N) is 1. The predicted octanol–water partition coefficient (Wildman–Crippen LogP) is 6.46. The summed E-state index contributed by atoms with van der Waals surface area (Å²) in [6, 6.07) is 6.20. The molecule has 0 amide bonds. The molecule has 0 saturated heterocycles. The number of hydrogen-bond donors (Lipinski definition) is 0. The van der Waals surface area contributed by atoms with E-state index in [1.807, 2.05) is 33.0 Å². The molecule has 0 saturated carbocycles. The summed E-state index contributed by atoms with van der Waals surface area (Å²) in [7, 11) is 0. The number of pyridine rings is 1. The lowest BCUT2D eigenvalue weighted by Gasteiger charge is -2.32. The van der Waals surface area contributed by atoms with Crippen molar-refractivity contribution in [3.63, 3.8) is 0 Å². The summed E-state index contributed by atoms with van der Waals surface area (Å²) in [5.41, 5.74) is 1.22. The highest BCUT2D eigenvalue weighted by atomic mass is 16.9. The van der Waals surface area contributed by atoms with Crippen LogP contribution >= 0.6 is 0 Å². The molecule has 0 aliphatic heterocycles. The maximum absolute atomic E-state index is 5.78. The van der Waals surface area contributed by atoms with E-state index in [4.69, 9.17) is 14.2 Å². The standard InChI is InChI=1S/C23H41NO3/c1-5-25-23(26-6-2,27-7-3)19-15-12-10-8-9-11-13-17-21(4)22-18-14-16-20-24-22/h14,16,18,20-21H,5-13,15,17,19H2,1-4H3. The van der Waals surface area contributed by atoms with Gasteiger partial charge in [-0.2, -0.15) is 0 Å². The molecular weight excluding hydrogens is 338 g/mol. The third-order valence-corrected chi connectivity index (χ3v) is 4.91. The number of unbranched alkanes of at least 4 members (excludes halogenated alkanes) is 6. The van der Waals surface area contributed by atoms with Crippen LogP contribution in [0.1, 0.15) is 97.1 Å². The molecule has 0 fully saturated rings. The molecule has 156 valence electrons. The van der Waals surface area contributed by atoms with Crippen molar-refractivity contribution in [3.05, 3.63) is 30.1 Å². The maximum Gasteiger partial charge on any atom is 0.282 e. The molecule has 0 aliphatic carbocycles. The summed E-state index contributed by atoms with van der Waals surface area (Å²) in [5.74, 6) is -0.269. The first-order valence-electron chi connectivity index (χ1n) is 11.0. The summed E-state index contributed by atoms with van der Waals surface area (Å²) >= 11 is 0. The van der Waals surface area contributed by atoms with Gasteiger partial charge >= 0.3 is 0 Å². The highest BCUT2D eigenvalue weighted by Crippen LogP contribution is 2.24. The molecule has 1 rings (SSSR count). The Balaban J connectivity index is 2.09. The fourth-order valence-electron chi connectivity index (χ4n) is 3.49. The lowest BCUT2D eigenvalue weighted by Crippen LogP contribution is -2.39. The van der Waals surface area contributed by atoms with Crippen molar-refractivity contribution in [3.8, 4) is 0 Å². The first-order chi connectivity index (χ1) is 13.2. The van der Waals surface area contributed by atoms with E-state index in [0.29, 0.717) is 25.7 Å². The average molecular weight is 380 g/mol. The van der Waals surface area contributed by atoms with Gasteiger partial charge in [-0.05, 0) is 51.7 Å². The van der Waals surface area contributed by atoms with Crippen molar-refractivity contribution >= 4 is 0 Å². The van der Waals surface area contributed by atoms with E-state index in [-0.39, 0.29) is 0 Å². The van der Waals surface area contributed by atoms with Crippen molar-refractivity contribution in [2.45, 2.75) is 97.4 Å². The van der Waals surface area contributed by atoms with Gasteiger partial charge in [0.05, 0.1) is 0 Å². The Morgan fingerprint density at radius 2 is 1.37 bits per heavy atom. The molecule has 1 atom stereocenters. The van der Waals surface area contributed by atoms with Crippen LogP contribution in [0, 0.1) is 0 Å². The fourth-order valence-corrected chi connectivity index (χ4v) is 3.49. The molecule has 4 nitrogen and oxygen atoms in total. The van der Waals surface area contributed by atoms with Crippen LogP contribution in [0.25, 0.3) is 0 Å². The molecule has 0 spiro atoms. The maximum atomic E-state index is 5.78. The van der Waals surface area contributed by atoms with E-state index in [9.17, 15) is 0 Å². The topological polar surface area (TPSA) is 40.6 Å². The highest BCUT2D eigenvalue weighted by molar-refractivity contribution is 5.08. The van der Waals surface area contributed by atoms with E-state index >= 15 is 0 Å². The predicted molar refractivity (Wildman–Crippen MR) is 112 cm³/mol. The molecular formula is C23H41NO3. The van der Waals surface area contributed by atoms with Crippen molar-refractivity contribution in [1.29, 1.82) is 0 Å². The minimum Gasteiger partial charge on any atom is -0.328 e.